The molecule has 1 saturated heterocycles. The predicted octanol–water partition coefficient (Wildman–Crippen LogP) is 4.06. The van der Waals surface area contributed by atoms with Gasteiger partial charge in [-0.05, 0) is 35.9 Å². The van der Waals surface area contributed by atoms with Crippen LogP contribution in [0.25, 0.3) is 33.5 Å². The number of piperazine rings is 1. The third-order valence-corrected chi connectivity index (χ3v) is 6.17. The summed E-state index contributed by atoms with van der Waals surface area (Å²) >= 11 is 0. The molecule has 5 heterocycles. The number of rotatable bonds is 5. The lowest BCUT2D eigenvalue weighted by molar-refractivity contribution is 0.240. The Hall–Kier alpha value is -4.17. The van der Waals surface area contributed by atoms with Gasteiger partial charge in [-0.3, -0.25) is 19.9 Å². The van der Waals surface area contributed by atoms with E-state index >= 15 is 0 Å². The van der Waals surface area contributed by atoms with Crippen LogP contribution in [0.3, 0.4) is 0 Å². The average molecular weight is 450 g/mol. The van der Waals surface area contributed by atoms with Crippen molar-refractivity contribution in [1.29, 1.82) is 0 Å². The lowest BCUT2D eigenvalue weighted by Gasteiger charge is -2.36. The van der Waals surface area contributed by atoms with Crippen LogP contribution >= 0.6 is 0 Å². The van der Waals surface area contributed by atoms with Crippen LogP contribution in [0.15, 0.2) is 84.0 Å². The molecular weight excluding hydrogens is 426 g/mol. The van der Waals surface area contributed by atoms with Crippen molar-refractivity contribution in [2.45, 2.75) is 6.54 Å². The molecule has 4 aromatic heterocycles. The fourth-order valence-electron chi connectivity index (χ4n) is 4.39. The first kappa shape index (κ1) is 20.4. The van der Waals surface area contributed by atoms with Crippen molar-refractivity contribution in [3.63, 3.8) is 0 Å². The molecule has 5 aromatic rings. The van der Waals surface area contributed by atoms with Crippen molar-refractivity contribution in [3.8, 4) is 22.6 Å². The SMILES string of the molecule is c1cncc(-c2ccc3c(N4CCN(Cc5noc(-c6cccnc6)n5)CC4)ccnc3c2)c1. The van der Waals surface area contributed by atoms with Gasteiger partial charge >= 0.3 is 0 Å². The van der Waals surface area contributed by atoms with Crippen LogP contribution in [0.4, 0.5) is 5.69 Å². The van der Waals surface area contributed by atoms with Crippen LogP contribution in [-0.4, -0.2) is 56.2 Å². The summed E-state index contributed by atoms with van der Waals surface area (Å²) in [6.07, 6.45) is 9.03. The molecule has 0 saturated carbocycles. The number of pyridine rings is 3. The summed E-state index contributed by atoms with van der Waals surface area (Å²) in [6.45, 7) is 4.37. The quantitative estimate of drug-likeness (QED) is 0.397. The fraction of sp³-hybridized carbons (Fsp3) is 0.192. The molecule has 0 radical (unpaired) electrons. The Labute approximate surface area is 196 Å². The van der Waals surface area contributed by atoms with Gasteiger partial charge in [-0.1, -0.05) is 23.4 Å². The minimum Gasteiger partial charge on any atom is -0.368 e. The minimum atomic E-state index is 0.510. The summed E-state index contributed by atoms with van der Waals surface area (Å²) in [4.78, 5) is 22.3. The maximum Gasteiger partial charge on any atom is 0.259 e. The van der Waals surface area contributed by atoms with Crippen molar-refractivity contribution in [1.82, 2.24) is 30.0 Å². The molecule has 1 aromatic carbocycles. The van der Waals surface area contributed by atoms with Gasteiger partial charge in [-0.25, -0.2) is 0 Å². The Morgan fingerprint density at radius 1 is 0.794 bits per heavy atom. The van der Waals surface area contributed by atoms with Gasteiger partial charge in [0.2, 0.25) is 0 Å². The van der Waals surface area contributed by atoms with Crippen LogP contribution in [-0.2, 0) is 6.54 Å². The Morgan fingerprint density at radius 3 is 2.35 bits per heavy atom. The molecule has 0 unspecified atom stereocenters. The molecule has 1 fully saturated rings. The van der Waals surface area contributed by atoms with Gasteiger partial charge in [0.1, 0.15) is 0 Å². The number of aromatic nitrogens is 5. The third kappa shape index (κ3) is 4.11. The van der Waals surface area contributed by atoms with Gasteiger partial charge in [0.15, 0.2) is 5.82 Å². The van der Waals surface area contributed by atoms with E-state index in [4.69, 9.17) is 4.52 Å². The summed E-state index contributed by atoms with van der Waals surface area (Å²) in [7, 11) is 0. The summed E-state index contributed by atoms with van der Waals surface area (Å²) in [5.41, 5.74) is 5.28. The van der Waals surface area contributed by atoms with Crippen LogP contribution in [0, 0.1) is 0 Å². The molecule has 34 heavy (non-hydrogen) atoms. The second kappa shape index (κ2) is 8.99. The Morgan fingerprint density at radius 2 is 1.59 bits per heavy atom. The second-order valence-electron chi connectivity index (χ2n) is 8.32. The zero-order chi connectivity index (χ0) is 22.7. The van der Waals surface area contributed by atoms with Crippen molar-refractivity contribution < 1.29 is 4.52 Å². The highest BCUT2D eigenvalue weighted by Gasteiger charge is 2.21. The number of fused-ring (bicyclic) bond motifs is 1. The third-order valence-electron chi connectivity index (χ3n) is 6.17. The largest absolute Gasteiger partial charge is 0.368 e. The summed E-state index contributed by atoms with van der Waals surface area (Å²) in [5.74, 6) is 1.21. The van der Waals surface area contributed by atoms with Crippen molar-refractivity contribution in [2.75, 3.05) is 31.1 Å². The van der Waals surface area contributed by atoms with E-state index in [-0.39, 0.29) is 0 Å². The number of anilines is 1. The molecule has 0 bridgehead atoms. The highest BCUT2D eigenvalue weighted by atomic mass is 16.5. The number of benzene rings is 1. The smallest absolute Gasteiger partial charge is 0.259 e. The molecular formula is C26H23N7O. The van der Waals surface area contributed by atoms with E-state index in [0.29, 0.717) is 18.3 Å². The molecule has 8 heteroatoms. The van der Waals surface area contributed by atoms with E-state index in [1.165, 1.54) is 11.1 Å². The maximum atomic E-state index is 5.42. The zero-order valence-electron chi connectivity index (χ0n) is 18.6. The summed E-state index contributed by atoms with van der Waals surface area (Å²) in [5, 5.41) is 5.33. The van der Waals surface area contributed by atoms with Gasteiger partial charge in [-0.2, -0.15) is 4.98 Å². The van der Waals surface area contributed by atoms with Crippen LogP contribution in [0.1, 0.15) is 5.82 Å². The summed E-state index contributed by atoms with van der Waals surface area (Å²) < 4.78 is 5.42. The molecule has 168 valence electrons. The van der Waals surface area contributed by atoms with E-state index in [2.05, 4.69) is 65.2 Å². The number of nitrogens with zero attached hydrogens (tertiary/aromatic N) is 7. The standard InChI is InChI=1S/C26H23N7O/c1-3-20(16-27-8-1)19-5-6-22-23(15-19)29-10-7-24(22)33-13-11-32(12-14-33)18-25-30-26(34-31-25)21-4-2-9-28-17-21/h1-10,15-17H,11-14,18H2. The molecule has 0 amide bonds. The van der Waals surface area contributed by atoms with E-state index in [1.807, 2.05) is 30.6 Å². The van der Waals surface area contributed by atoms with Crippen molar-refractivity contribution >= 4 is 16.6 Å². The monoisotopic (exact) mass is 449 g/mol. The van der Waals surface area contributed by atoms with Crippen LogP contribution in [0.2, 0.25) is 0 Å². The van der Waals surface area contributed by atoms with Gasteiger partial charge in [0.25, 0.3) is 5.89 Å². The lowest BCUT2D eigenvalue weighted by Crippen LogP contribution is -2.46. The zero-order valence-corrected chi connectivity index (χ0v) is 18.6. The highest BCUT2D eigenvalue weighted by molar-refractivity contribution is 5.94. The molecule has 0 aliphatic carbocycles. The van der Waals surface area contributed by atoms with Gasteiger partial charge in [-0.15, -0.1) is 0 Å². The Kier molecular flexibility index (Phi) is 5.41. The number of hydrogen-bond donors (Lipinski definition) is 0. The Balaban J connectivity index is 1.14. The van der Waals surface area contributed by atoms with Gasteiger partial charge < -0.3 is 9.42 Å². The van der Waals surface area contributed by atoms with Crippen molar-refractivity contribution in [3.05, 3.63) is 85.3 Å². The molecule has 0 N–H and O–H groups in total. The first-order chi connectivity index (χ1) is 16.8. The Bertz CT molecular complexity index is 1400. The van der Waals surface area contributed by atoms with Gasteiger partial charge in [0.05, 0.1) is 17.6 Å². The fourth-order valence-corrected chi connectivity index (χ4v) is 4.39. The van der Waals surface area contributed by atoms with Gasteiger partial charge in [0, 0.05) is 73.8 Å². The molecule has 0 atom stereocenters. The minimum absolute atomic E-state index is 0.510. The maximum absolute atomic E-state index is 5.42. The predicted molar refractivity (Wildman–Crippen MR) is 130 cm³/mol. The van der Waals surface area contributed by atoms with Crippen molar-refractivity contribution in [2.24, 2.45) is 0 Å². The average Bonchev–Trinajstić information content (AvgIpc) is 3.38. The van der Waals surface area contributed by atoms with E-state index in [0.717, 1.165) is 48.4 Å². The van der Waals surface area contributed by atoms with E-state index in [9.17, 15) is 0 Å². The highest BCUT2D eigenvalue weighted by Crippen LogP contribution is 2.30. The normalized spacial score (nSPS) is 14.5. The molecule has 6 rings (SSSR count). The van der Waals surface area contributed by atoms with Crippen LogP contribution < -0.4 is 4.90 Å². The first-order valence-corrected chi connectivity index (χ1v) is 11.3. The molecule has 0 spiro atoms. The first-order valence-electron chi connectivity index (χ1n) is 11.3. The summed E-state index contributed by atoms with van der Waals surface area (Å²) in [6, 6.07) is 16.4. The lowest BCUT2D eigenvalue weighted by atomic mass is 10.0. The molecule has 1 aliphatic heterocycles. The second-order valence-corrected chi connectivity index (χ2v) is 8.32. The van der Waals surface area contributed by atoms with E-state index < -0.39 is 0 Å². The molecule has 8 nitrogen and oxygen atoms in total. The van der Waals surface area contributed by atoms with E-state index in [1.54, 1.807) is 18.6 Å². The number of hydrogen-bond acceptors (Lipinski definition) is 8. The molecule has 1 aliphatic rings. The van der Waals surface area contributed by atoms with Crippen LogP contribution in [0.5, 0.6) is 0 Å². The topological polar surface area (TPSA) is 84.1 Å².